The minimum Gasteiger partial charge on any atom is -0.591 e. The second-order valence-electron chi connectivity index (χ2n) is 6.87. The highest BCUT2D eigenvalue weighted by atomic mass is 32.2. The first-order chi connectivity index (χ1) is 12.2. The molecule has 0 N–H and O–H groups in total. The van der Waals surface area contributed by atoms with Crippen molar-refractivity contribution in [2.75, 3.05) is 0 Å². The normalized spacial score (nSPS) is 13.5. The van der Waals surface area contributed by atoms with E-state index in [9.17, 15) is 13.3 Å². The van der Waals surface area contributed by atoms with Crippen LogP contribution >= 0.6 is 0 Å². The Kier molecular flexibility index (Phi) is 5.07. The molecule has 0 radical (unpaired) electrons. The smallest absolute Gasteiger partial charge is 0.144 e. The molecule has 0 amide bonds. The van der Waals surface area contributed by atoms with Gasteiger partial charge in [0.2, 0.25) is 0 Å². The summed E-state index contributed by atoms with van der Waals surface area (Å²) in [5.41, 5.74) is 2.04. The van der Waals surface area contributed by atoms with E-state index in [2.05, 4.69) is 9.38 Å². The summed E-state index contributed by atoms with van der Waals surface area (Å²) < 4.78 is 43.1. The molecule has 0 fully saturated rings. The lowest BCUT2D eigenvalue weighted by Crippen LogP contribution is -2.25. The van der Waals surface area contributed by atoms with Gasteiger partial charge in [-0.3, -0.25) is 0 Å². The maximum absolute atomic E-state index is 13.7. The van der Waals surface area contributed by atoms with E-state index in [0.717, 1.165) is 5.39 Å². The molecular weight excluding hydrogens is 354 g/mol. The molecule has 0 saturated carbocycles. The number of rotatable bonds is 3. The molecule has 3 rings (SSSR count). The van der Waals surface area contributed by atoms with E-state index in [1.165, 1.54) is 30.5 Å². The van der Waals surface area contributed by atoms with E-state index in [0.29, 0.717) is 22.3 Å². The van der Waals surface area contributed by atoms with E-state index >= 15 is 0 Å². The zero-order valence-corrected chi connectivity index (χ0v) is 15.5. The van der Waals surface area contributed by atoms with Crippen LogP contribution in [-0.2, 0) is 11.4 Å². The molecule has 134 valence electrons. The summed E-state index contributed by atoms with van der Waals surface area (Å²) in [5, 5.41) is 0.717. The van der Waals surface area contributed by atoms with Crippen LogP contribution in [0.1, 0.15) is 26.3 Å². The van der Waals surface area contributed by atoms with Crippen LogP contribution in [0, 0.1) is 11.6 Å². The zero-order valence-electron chi connectivity index (χ0n) is 14.7. The van der Waals surface area contributed by atoms with Crippen molar-refractivity contribution in [1.82, 2.24) is 4.98 Å². The number of pyridine rings is 1. The van der Waals surface area contributed by atoms with E-state index in [1.54, 1.807) is 24.3 Å². The van der Waals surface area contributed by atoms with Crippen LogP contribution in [0.5, 0.6) is 0 Å². The molecular formula is C20H18F2N2OS. The summed E-state index contributed by atoms with van der Waals surface area (Å²) in [4.78, 5) is 4.49. The number of hydrogen-bond acceptors (Lipinski definition) is 3. The van der Waals surface area contributed by atoms with Gasteiger partial charge < -0.3 is 4.55 Å². The zero-order chi connectivity index (χ0) is 18.9. The van der Waals surface area contributed by atoms with Gasteiger partial charge in [-0.05, 0) is 51.1 Å². The average Bonchev–Trinajstić information content (AvgIpc) is 2.58. The van der Waals surface area contributed by atoms with Crippen molar-refractivity contribution in [2.24, 2.45) is 4.40 Å². The van der Waals surface area contributed by atoms with E-state index in [-0.39, 0.29) is 0 Å². The first kappa shape index (κ1) is 18.5. The van der Waals surface area contributed by atoms with Gasteiger partial charge in [0.05, 0.1) is 17.4 Å². The Labute approximate surface area is 154 Å². The topological polar surface area (TPSA) is 48.3 Å². The summed E-state index contributed by atoms with van der Waals surface area (Å²) in [5.74, 6) is -0.796. The molecule has 0 bridgehead atoms. The van der Waals surface area contributed by atoms with Gasteiger partial charge in [0.1, 0.15) is 27.7 Å². The Bertz CT molecular complexity index is 983. The van der Waals surface area contributed by atoms with Gasteiger partial charge in [-0.2, -0.15) is 0 Å². The molecule has 0 aliphatic carbocycles. The van der Waals surface area contributed by atoms with Crippen LogP contribution in [0.2, 0.25) is 0 Å². The summed E-state index contributed by atoms with van der Waals surface area (Å²) >= 11 is -1.44. The van der Waals surface area contributed by atoms with Gasteiger partial charge in [-0.15, -0.1) is 0 Å². The first-order valence-corrected chi connectivity index (χ1v) is 9.17. The largest absolute Gasteiger partial charge is 0.591 e. The lowest BCUT2D eigenvalue weighted by molar-refractivity contribution is 0.562. The molecule has 1 atom stereocenters. The third-order valence-corrected chi connectivity index (χ3v) is 5.06. The van der Waals surface area contributed by atoms with Crippen molar-refractivity contribution in [2.45, 2.75) is 25.5 Å². The van der Waals surface area contributed by atoms with E-state index < -0.39 is 27.7 Å². The van der Waals surface area contributed by atoms with Crippen molar-refractivity contribution >= 4 is 28.5 Å². The predicted molar refractivity (Wildman–Crippen MR) is 103 cm³/mol. The van der Waals surface area contributed by atoms with Crippen molar-refractivity contribution in [3.05, 3.63) is 65.7 Å². The second-order valence-corrected chi connectivity index (χ2v) is 8.80. The van der Waals surface area contributed by atoms with Crippen LogP contribution in [0.25, 0.3) is 22.2 Å². The van der Waals surface area contributed by atoms with Crippen LogP contribution < -0.4 is 0 Å². The minimum absolute atomic E-state index is 0.398. The molecule has 3 nitrogen and oxygen atoms in total. The third-order valence-electron chi connectivity index (χ3n) is 3.72. The minimum atomic E-state index is -1.44. The van der Waals surface area contributed by atoms with Gasteiger partial charge in [0, 0.05) is 22.6 Å². The van der Waals surface area contributed by atoms with Crippen LogP contribution in [0.3, 0.4) is 0 Å². The van der Waals surface area contributed by atoms with Crippen LogP contribution in [0.15, 0.2) is 52.9 Å². The van der Waals surface area contributed by atoms with Gasteiger partial charge in [0.15, 0.2) is 0 Å². The number of fused-ring (bicyclic) bond motifs is 1. The second kappa shape index (κ2) is 7.13. The molecule has 0 spiro atoms. The fourth-order valence-corrected chi connectivity index (χ4v) is 2.91. The highest BCUT2D eigenvalue weighted by molar-refractivity contribution is 7.91. The third kappa shape index (κ3) is 4.08. The molecule has 0 unspecified atom stereocenters. The summed E-state index contributed by atoms with van der Waals surface area (Å²) in [6, 6.07) is 12.1. The molecule has 2 aromatic carbocycles. The van der Waals surface area contributed by atoms with E-state index in [4.69, 9.17) is 0 Å². The molecule has 6 heteroatoms. The van der Waals surface area contributed by atoms with Gasteiger partial charge in [0.25, 0.3) is 0 Å². The van der Waals surface area contributed by atoms with Crippen molar-refractivity contribution < 1.29 is 13.3 Å². The number of nitrogens with zero attached hydrogens (tertiary/aromatic N) is 2. The Balaban J connectivity index is 2.17. The molecule has 1 heterocycles. The molecule has 0 aliphatic heterocycles. The summed E-state index contributed by atoms with van der Waals surface area (Å²) in [6.07, 6.45) is 1.48. The van der Waals surface area contributed by atoms with Crippen LogP contribution in [-0.4, -0.2) is 20.5 Å². The summed E-state index contributed by atoms with van der Waals surface area (Å²) in [6.45, 7) is 5.49. The fourth-order valence-electron chi connectivity index (χ4n) is 2.38. The lowest BCUT2D eigenvalue weighted by Gasteiger charge is -2.18. The Morgan fingerprint density at radius 2 is 1.77 bits per heavy atom. The number of aromatic nitrogens is 1. The maximum Gasteiger partial charge on any atom is 0.144 e. The predicted octanol–water partition coefficient (Wildman–Crippen LogP) is 5.06. The number of halogens is 2. The van der Waals surface area contributed by atoms with E-state index in [1.807, 2.05) is 20.8 Å². The molecule has 3 aromatic rings. The molecule has 0 saturated heterocycles. The van der Waals surface area contributed by atoms with Gasteiger partial charge in [-0.1, -0.05) is 16.5 Å². The van der Waals surface area contributed by atoms with Crippen molar-refractivity contribution in [1.29, 1.82) is 0 Å². The lowest BCUT2D eigenvalue weighted by atomic mass is 10.0. The summed E-state index contributed by atoms with van der Waals surface area (Å²) in [7, 11) is 0. The maximum atomic E-state index is 13.7. The standard InChI is InChI=1S/C20H18F2N2OS/c1-20(2,3)26(25)23-12-15-9-13-7-8-17(22)11-18(13)24-19(15)14-5-4-6-16(21)10-14/h4-12H,1-3H3/b23-12+/t26-/m1/s1. The Morgan fingerprint density at radius 3 is 2.46 bits per heavy atom. The molecule has 0 aliphatic rings. The first-order valence-electron chi connectivity index (χ1n) is 8.06. The SMILES string of the molecule is CC(C)(C)[S@@+]([O-])/N=C/c1cc2ccc(F)cc2nc1-c1cccc(F)c1. The average molecular weight is 372 g/mol. The fraction of sp³-hybridized carbons (Fsp3) is 0.200. The molecule has 1 aromatic heterocycles. The highest BCUT2D eigenvalue weighted by Crippen LogP contribution is 2.26. The van der Waals surface area contributed by atoms with Crippen molar-refractivity contribution in [3.63, 3.8) is 0 Å². The number of hydrogen-bond donors (Lipinski definition) is 0. The number of benzene rings is 2. The van der Waals surface area contributed by atoms with Gasteiger partial charge >= 0.3 is 0 Å². The van der Waals surface area contributed by atoms with Gasteiger partial charge in [-0.25, -0.2) is 13.8 Å². The molecule has 26 heavy (non-hydrogen) atoms. The Hall–Kier alpha value is -2.31. The van der Waals surface area contributed by atoms with Crippen molar-refractivity contribution in [3.8, 4) is 11.3 Å². The Morgan fingerprint density at radius 1 is 1.04 bits per heavy atom. The quantitative estimate of drug-likeness (QED) is 0.476. The highest BCUT2D eigenvalue weighted by Gasteiger charge is 2.26. The monoisotopic (exact) mass is 372 g/mol. The van der Waals surface area contributed by atoms with Crippen LogP contribution in [0.4, 0.5) is 8.78 Å².